The van der Waals surface area contributed by atoms with Crippen LogP contribution in [0, 0.1) is 6.92 Å². The highest BCUT2D eigenvalue weighted by molar-refractivity contribution is 5.90. The number of aryl methyl sites for hydroxylation is 1. The number of carbonyl (C=O) groups is 1. The van der Waals surface area contributed by atoms with Crippen molar-refractivity contribution in [3.63, 3.8) is 0 Å². The van der Waals surface area contributed by atoms with Gasteiger partial charge in [-0.1, -0.05) is 60.2 Å². The quantitative estimate of drug-likeness (QED) is 0.414. The summed E-state index contributed by atoms with van der Waals surface area (Å²) in [6.07, 6.45) is 1.46. The average Bonchev–Trinajstić information content (AvgIpc) is 2.83. The molecule has 1 amide bonds. The van der Waals surface area contributed by atoms with E-state index >= 15 is 0 Å². The summed E-state index contributed by atoms with van der Waals surface area (Å²) in [5, 5.41) is 3.40. The number of nitrogens with zero attached hydrogens (tertiary/aromatic N) is 2. The summed E-state index contributed by atoms with van der Waals surface area (Å²) >= 11 is 0. The van der Waals surface area contributed by atoms with Gasteiger partial charge in [0.2, 0.25) is 5.91 Å². The molecule has 1 aromatic heterocycles. The first-order valence-electron chi connectivity index (χ1n) is 11.2. The zero-order valence-electron chi connectivity index (χ0n) is 18.7. The van der Waals surface area contributed by atoms with Crippen molar-refractivity contribution in [1.29, 1.82) is 0 Å². The summed E-state index contributed by atoms with van der Waals surface area (Å²) in [5.41, 5.74) is 2.90. The maximum Gasteiger partial charge on any atom is 0.331 e. The lowest BCUT2D eigenvalue weighted by Crippen LogP contribution is -2.40. The van der Waals surface area contributed by atoms with Crippen LogP contribution in [0.1, 0.15) is 30.4 Å². The van der Waals surface area contributed by atoms with Crippen molar-refractivity contribution in [2.75, 3.05) is 5.32 Å². The van der Waals surface area contributed by atoms with E-state index in [4.69, 9.17) is 0 Å². The van der Waals surface area contributed by atoms with Crippen LogP contribution in [0.15, 0.2) is 88.5 Å². The lowest BCUT2D eigenvalue weighted by molar-refractivity contribution is -0.116. The van der Waals surface area contributed by atoms with Gasteiger partial charge in [0.1, 0.15) is 0 Å². The first-order valence-corrected chi connectivity index (χ1v) is 11.2. The van der Waals surface area contributed by atoms with E-state index in [1.165, 1.54) is 4.57 Å². The van der Waals surface area contributed by atoms with E-state index in [0.29, 0.717) is 36.7 Å². The summed E-state index contributed by atoms with van der Waals surface area (Å²) in [4.78, 5) is 38.5. The normalized spacial score (nSPS) is 10.9. The van der Waals surface area contributed by atoms with E-state index in [1.807, 2.05) is 67.6 Å². The average molecular weight is 442 g/mol. The van der Waals surface area contributed by atoms with Crippen LogP contribution in [0.5, 0.6) is 0 Å². The molecule has 33 heavy (non-hydrogen) atoms. The minimum absolute atomic E-state index is 0.0776. The van der Waals surface area contributed by atoms with Crippen molar-refractivity contribution in [3.8, 4) is 0 Å². The molecule has 0 radical (unpaired) electrons. The maximum absolute atomic E-state index is 13.3. The third-order valence-electron chi connectivity index (χ3n) is 5.69. The van der Waals surface area contributed by atoms with E-state index in [-0.39, 0.29) is 23.7 Å². The zero-order valence-corrected chi connectivity index (χ0v) is 18.7. The fourth-order valence-electron chi connectivity index (χ4n) is 3.90. The fourth-order valence-corrected chi connectivity index (χ4v) is 3.90. The third-order valence-corrected chi connectivity index (χ3v) is 5.69. The molecule has 3 aromatic carbocycles. The van der Waals surface area contributed by atoms with Gasteiger partial charge in [-0.2, -0.15) is 0 Å². The fraction of sp³-hybridized carbons (Fsp3) is 0.222. The molecule has 0 fully saturated rings. The standard InChI is InChI=1S/C27H27N3O3/c1-20-14-16-22(17-15-20)28-25(31)13-7-8-18-29-26(32)23-11-5-6-12-24(23)30(27(29)33)19-21-9-3-2-4-10-21/h2-6,9-12,14-17H,7-8,13,18-19H2,1H3,(H,28,31). The molecule has 6 nitrogen and oxygen atoms in total. The number of benzene rings is 3. The second-order valence-electron chi connectivity index (χ2n) is 8.20. The van der Waals surface area contributed by atoms with Gasteiger partial charge in [0.15, 0.2) is 0 Å². The second kappa shape index (κ2) is 10.1. The largest absolute Gasteiger partial charge is 0.331 e. The summed E-state index contributed by atoms with van der Waals surface area (Å²) in [5.74, 6) is -0.0776. The number of fused-ring (bicyclic) bond motifs is 1. The van der Waals surface area contributed by atoms with E-state index in [0.717, 1.165) is 16.8 Å². The summed E-state index contributed by atoms with van der Waals surface area (Å²) < 4.78 is 2.94. The van der Waals surface area contributed by atoms with Gasteiger partial charge in [0, 0.05) is 18.7 Å². The van der Waals surface area contributed by atoms with Crippen molar-refractivity contribution < 1.29 is 4.79 Å². The molecular formula is C27H27N3O3. The van der Waals surface area contributed by atoms with Gasteiger partial charge in [0.05, 0.1) is 17.4 Å². The number of hydrogen-bond donors (Lipinski definition) is 1. The van der Waals surface area contributed by atoms with Crippen LogP contribution in [-0.4, -0.2) is 15.0 Å². The molecule has 0 aliphatic heterocycles. The molecule has 0 bridgehead atoms. The summed E-state index contributed by atoms with van der Waals surface area (Å²) in [7, 11) is 0. The van der Waals surface area contributed by atoms with Gasteiger partial charge in [0.25, 0.3) is 5.56 Å². The topological polar surface area (TPSA) is 73.1 Å². The van der Waals surface area contributed by atoms with Crippen LogP contribution >= 0.6 is 0 Å². The first-order chi connectivity index (χ1) is 16.0. The SMILES string of the molecule is Cc1ccc(NC(=O)CCCCn2c(=O)c3ccccc3n(Cc3ccccc3)c2=O)cc1. The summed E-state index contributed by atoms with van der Waals surface area (Å²) in [6, 6.07) is 24.6. The number of amides is 1. The molecule has 0 aliphatic rings. The van der Waals surface area contributed by atoms with Gasteiger partial charge < -0.3 is 5.32 Å². The molecule has 0 atom stereocenters. The molecule has 0 unspecified atom stereocenters. The Kier molecular flexibility index (Phi) is 6.83. The third kappa shape index (κ3) is 5.29. The molecule has 1 N–H and O–H groups in total. The Balaban J connectivity index is 1.48. The van der Waals surface area contributed by atoms with Crippen molar-refractivity contribution in [2.24, 2.45) is 0 Å². The van der Waals surface area contributed by atoms with Crippen LogP contribution < -0.4 is 16.6 Å². The first kappa shape index (κ1) is 22.3. The molecule has 1 heterocycles. The summed E-state index contributed by atoms with van der Waals surface area (Å²) in [6.45, 7) is 2.66. The van der Waals surface area contributed by atoms with Crippen LogP contribution in [0.2, 0.25) is 0 Å². The Morgan fingerprint density at radius 3 is 2.27 bits per heavy atom. The molecule has 6 heteroatoms. The Hall–Kier alpha value is -3.93. The molecule has 0 aliphatic carbocycles. The number of anilines is 1. The smallest absolute Gasteiger partial charge is 0.326 e. The lowest BCUT2D eigenvalue weighted by atomic mass is 10.2. The zero-order chi connectivity index (χ0) is 23.2. The van der Waals surface area contributed by atoms with E-state index < -0.39 is 0 Å². The predicted molar refractivity (Wildman–Crippen MR) is 132 cm³/mol. The molecular weight excluding hydrogens is 414 g/mol. The minimum atomic E-state index is -0.327. The van der Waals surface area contributed by atoms with Crippen LogP contribution in [0.4, 0.5) is 5.69 Å². The number of carbonyl (C=O) groups excluding carboxylic acids is 1. The van der Waals surface area contributed by atoms with Crippen molar-refractivity contribution in [2.45, 2.75) is 39.3 Å². The molecule has 4 rings (SSSR count). The molecule has 0 saturated carbocycles. The van der Waals surface area contributed by atoms with Crippen molar-refractivity contribution in [3.05, 3.63) is 111 Å². The Morgan fingerprint density at radius 1 is 0.818 bits per heavy atom. The van der Waals surface area contributed by atoms with Gasteiger partial charge in [-0.3, -0.25) is 18.7 Å². The minimum Gasteiger partial charge on any atom is -0.326 e. The van der Waals surface area contributed by atoms with E-state index in [2.05, 4.69) is 5.32 Å². The monoisotopic (exact) mass is 441 g/mol. The predicted octanol–water partition coefficient (Wildman–Crippen LogP) is 4.33. The van der Waals surface area contributed by atoms with E-state index in [1.54, 1.807) is 22.8 Å². The number of para-hydroxylation sites is 1. The molecule has 0 saturated heterocycles. The maximum atomic E-state index is 13.3. The van der Waals surface area contributed by atoms with Gasteiger partial charge in [-0.25, -0.2) is 4.79 Å². The lowest BCUT2D eigenvalue weighted by Gasteiger charge is -2.14. The number of hydrogen-bond acceptors (Lipinski definition) is 3. The molecule has 0 spiro atoms. The number of aromatic nitrogens is 2. The highest BCUT2D eigenvalue weighted by atomic mass is 16.2. The van der Waals surface area contributed by atoms with Crippen LogP contribution in [-0.2, 0) is 17.9 Å². The van der Waals surface area contributed by atoms with E-state index in [9.17, 15) is 14.4 Å². The Morgan fingerprint density at radius 2 is 1.52 bits per heavy atom. The highest BCUT2D eigenvalue weighted by Crippen LogP contribution is 2.12. The molecule has 168 valence electrons. The number of rotatable bonds is 8. The van der Waals surface area contributed by atoms with Crippen LogP contribution in [0.25, 0.3) is 10.9 Å². The second-order valence-corrected chi connectivity index (χ2v) is 8.20. The molecule has 4 aromatic rings. The van der Waals surface area contributed by atoms with Crippen LogP contribution in [0.3, 0.4) is 0 Å². The van der Waals surface area contributed by atoms with Gasteiger partial charge >= 0.3 is 5.69 Å². The van der Waals surface area contributed by atoms with Gasteiger partial charge in [-0.05, 0) is 49.6 Å². The Bertz CT molecular complexity index is 1370. The van der Waals surface area contributed by atoms with Crippen molar-refractivity contribution in [1.82, 2.24) is 9.13 Å². The number of nitrogens with one attached hydrogen (secondary N) is 1. The highest BCUT2D eigenvalue weighted by Gasteiger charge is 2.13. The van der Waals surface area contributed by atoms with Gasteiger partial charge in [-0.15, -0.1) is 0 Å². The number of unbranched alkanes of at least 4 members (excludes halogenated alkanes) is 1. The Labute approximate surface area is 192 Å². The van der Waals surface area contributed by atoms with Crippen molar-refractivity contribution >= 4 is 22.5 Å².